The Bertz CT molecular complexity index is 839. The minimum absolute atomic E-state index is 0.162. The summed E-state index contributed by atoms with van der Waals surface area (Å²) in [6.45, 7) is 0. The van der Waals surface area contributed by atoms with E-state index < -0.39 is 11.6 Å². The van der Waals surface area contributed by atoms with Crippen LogP contribution in [0.5, 0.6) is 0 Å². The van der Waals surface area contributed by atoms with Gasteiger partial charge in [-0.15, -0.1) is 0 Å². The first-order valence-corrected chi connectivity index (χ1v) is 6.37. The number of aromatic nitrogens is 4. The Morgan fingerprint density at radius 1 is 0.667 bits per heavy atom. The lowest BCUT2D eigenvalue weighted by Crippen LogP contribution is -1.87. The molecule has 0 fully saturated rings. The third-order valence-electron chi connectivity index (χ3n) is 2.77. The minimum atomic E-state index is -0.479. The molecule has 2 heterocycles. The molecule has 4 nitrogen and oxygen atoms in total. The van der Waals surface area contributed by atoms with E-state index in [1.807, 2.05) is 0 Å². The van der Waals surface area contributed by atoms with E-state index in [1.165, 1.54) is 12.1 Å². The predicted octanol–water partition coefficient (Wildman–Crippen LogP) is 3.13. The highest BCUT2D eigenvalue weighted by Crippen LogP contribution is 2.32. The van der Waals surface area contributed by atoms with Crippen molar-refractivity contribution in [1.29, 1.82) is 0 Å². The Hall–Kier alpha value is -1.80. The van der Waals surface area contributed by atoms with E-state index in [-0.39, 0.29) is 11.0 Å². The number of halogens is 2. The monoisotopic (exact) mass is 280 g/mol. The Balaban J connectivity index is 2.40. The molecular weight excluding hydrogens is 278 g/mol. The van der Waals surface area contributed by atoms with Crippen molar-refractivity contribution in [3.05, 3.63) is 23.8 Å². The molecule has 0 radical (unpaired) electrons. The molecule has 0 spiro atoms. The van der Waals surface area contributed by atoms with Crippen LogP contribution in [-0.2, 0) is 0 Å². The zero-order valence-electron chi connectivity index (χ0n) is 8.52. The van der Waals surface area contributed by atoms with Gasteiger partial charge in [-0.25, -0.2) is 8.78 Å². The van der Waals surface area contributed by atoms with Crippen LogP contribution in [0.1, 0.15) is 0 Å². The molecule has 0 aliphatic carbocycles. The summed E-state index contributed by atoms with van der Waals surface area (Å²) in [5, 5.41) is 1.02. The highest BCUT2D eigenvalue weighted by molar-refractivity contribution is 7.00. The third-order valence-corrected chi connectivity index (χ3v) is 3.83. The lowest BCUT2D eigenvalue weighted by Gasteiger charge is -2.00. The Morgan fingerprint density at radius 3 is 1.50 bits per heavy atom. The number of hydrogen-bond acceptors (Lipinski definition) is 6. The molecule has 2 aromatic heterocycles. The fourth-order valence-corrected chi connectivity index (χ4v) is 3.11. The second-order valence-corrected chi connectivity index (χ2v) is 4.79. The van der Waals surface area contributed by atoms with E-state index in [4.69, 9.17) is 0 Å². The summed E-state index contributed by atoms with van der Waals surface area (Å²) in [6, 6.07) is 2.62. The molecule has 2 aromatic carbocycles. The van der Waals surface area contributed by atoms with Crippen LogP contribution in [0.2, 0.25) is 0 Å². The second-order valence-electron chi connectivity index (χ2n) is 3.73. The van der Waals surface area contributed by atoms with Crippen molar-refractivity contribution in [2.75, 3.05) is 0 Å². The molecular formula is C10H2F2N4S2. The van der Waals surface area contributed by atoms with Gasteiger partial charge in [-0.2, -0.15) is 17.5 Å². The molecule has 18 heavy (non-hydrogen) atoms. The lowest BCUT2D eigenvalue weighted by molar-refractivity contribution is 0.636. The fraction of sp³-hybridized carbons (Fsp3) is 0. The summed E-state index contributed by atoms with van der Waals surface area (Å²) in [5.74, 6) is -0.959. The Morgan fingerprint density at radius 2 is 1.06 bits per heavy atom. The molecule has 0 aliphatic heterocycles. The SMILES string of the molecule is Fc1cc2c(cc(F)c3nsnc32)c2nsnc12. The summed E-state index contributed by atoms with van der Waals surface area (Å²) < 4.78 is 43.5. The summed E-state index contributed by atoms with van der Waals surface area (Å²) >= 11 is 1.80. The van der Waals surface area contributed by atoms with E-state index >= 15 is 0 Å². The summed E-state index contributed by atoms with van der Waals surface area (Å²) in [4.78, 5) is 0. The molecule has 0 N–H and O–H groups in total. The Kier molecular flexibility index (Phi) is 1.90. The van der Waals surface area contributed by atoms with Crippen molar-refractivity contribution in [2.45, 2.75) is 0 Å². The summed E-state index contributed by atoms with van der Waals surface area (Å²) in [7, 11) is 0. The lowest BCUT2D eigenvalue weighted by atomic mass is 10.1. The molecule has 0 atom stereocenters. The normalized spacial score (nSPS) is 11.9. The van der Waals surface area contributed by atoms with Crippen molar-refractivity contribution < 1.29 is 8.78 Å². The van der Waals surface area contributed by atoms with Gasteiger partial charge in [-0.05, 0) is 12.1 Å². The van der Waals surface area contributed by atoms with Crippen LogP contribution < -0.4 is 0 Å². The van der Waals surface area contributed by atoms with Crippen molar-refractivity contribution in [2.24, 2.45) is 0 Å². The van der Waals surface area contributed by atoms with Crippen LogP contribution in [0.25, 0.3) is 32.8 Å². The number of hydrogen-bond donors (Lipinski definition) is 0. The van der Waals surface area contributed by atoms with Gasteiger partial charge in [0.05, 0.1) is 23.5 Å². The van der Waals surface area contributed by atoms with Crippen LogP contribution in [0.4, 0.5) is 8.78 Å². The first-order valence-electron chi connectivity index (χ1n) is 4.91. The molecule has 0 unspecified atom stereocenters. The maximum atomic E-state index is 13.8. The van der Waals surface area contributed by atoms with Gasteiger partial charge in [-0.3, -0.25) is 0 Å². The number of fused-ring (bicyclic) bond motifs is 5. The number of benzene rings is 2. The van der Waals surface area contributed by atoms with Gasteiger partial charge in [-0.1, -0.05) is 0 Å². The quantitative estimate of drug-likeness (QED) is 0.496. The van der Waals surface area contributed by atoms with E-state index in [0.29, 0.717) is 21.8 Å². The number of rotatable bonds is 0. The molecule has 0 saturated carbocycles. The molecule has 8 heteroatoms. The third kappa shape index (κ3) is 1.16. The fourth-order valence-electron chi connectivity index (χ4n) is 1.98. The van der Waals surface area contributed by atoms with Crippen LogP contribution in [0.15, 0.2) is 12.1 Å². The van der Waals surface area contributed by atoms with Crippen molar-refractivity contribution in [3.63, 3.8) is 0 Å². The average Bonchev–Trinajstić information content (AvgIpc) is 2.98. The van der Waals surface area contributed by atoms with E-state index in [9.17, 15) is 8.78 Å². The van der Waals surface area contributed by atoms with Crippen LogP contribution in [-0.4, -0.2) is 17.5 Å². The highest BCUT2D eigenvalue weighted by atomic mass is 32.1. The van der Waals surface area contributed by atoms with Gasteiger partial charge in [0.15, 0.2) is 11.6 Å². The molecule has 4 rings (SSSR count). The summed E-state index contributed by atoms with van der Waals surface area (Å²) in [6.07, 6.45) is 0. The molecule has 0 aliphatic rings. The topological polar surface area (TPSA) is 51.6 Å². The van der Waals surface area contributed by atoms with Gasteiger partial charge in [0.1, 0.15) is 22.1 Å². The molecule has 0 saturated heterocycles. The van der Waals surface area contributed by atoms with Gasteiger partial charge < -0.3 is 0 Å². The van der Waals surface area contributed by atoms with Crippen LogP contribution >= 0.6 is 23.5 Å². The van der Waals surface area contributed by atoms with E-state index in [0.717, 1.165) is 23.5 Å². The van der Waals surface area contributed by atoms with E-state index in [1.54, 1.807) is 0 Å². The maximum Gasteiger partial charge on any atom is 0.152 e. The van der Waals surface area contributed by atoms with Gasteiger partial charge >= 0.3 is 0 Å². The molecule has 88 valence electrons. The summed E-state index contributed by atoms with van der Waals surface area (Å²) in [5.41, 5.74) is 1.05. The van der Waals surface area contributed by atoms with Crippen LogP contribution in [0, 0.1) is 11.6 Å². The zero-order valence-corrected chi connectivity index (χ0v) is 10.1. The average molecular weight is 280 g/mol. The molecule has 0 bridgehead atoms. The molecule has 4 aromatic rings. The van der Waals surface area contributed by atoms with Gasteiger partial charge in [0.25, 0.3) is 0 Å². The zero-order chi connectivity index (χ0) is 12.3. The van der Waals surface area contributed by atoms with Crippen molar-refractivity contribution in [3.8, 4) is 0 Å². The van der Waals surface area contributed by atoms with Gasteiger partial charge in [0, 0.05) is 10.8 Å². The Labute approximate surface area is 107 Å². The van der Waals surface area contributed by atoms with Crippen molar-refractivity contribution in [1.82, 2.24) is 17.5 Å². The van der Waals surface area contributed by atoms with Crippen LogP contribution in [0.3, 0.4) is 0 Å². The van der Waals surface area contributed by atoms with Crippen molar-refractivity contribution >= 4 is 56.3 Å². The maximum absolute atomic E-state index is 13.8. The first kappa shape index (κ1) is 10.2. The highest BCUT2D eigenvalue weighted by Gasteiger charge is 2.17. The van der Waals surface area contributed by atoms with Gasteiger partial charge in [0.2, 0.25) is 0 Å². The number of nitrogens with zero attached hydrogens (tertiary/aromatic N) is 4. The minimum Gasteiger partial charge on any atom is -0.204 e. The largest absolute Gasteiger partial charge is 0.204 e. The standard InChI is InChI=1S/C10H2F2N4S2/c11-5-1-3-4(8-9(5)15-18-14-8)2-6(12)10-7(3)13-17-16-10/h1-2H. The van der Waals surface area contributed by atoms with E-state index in [2.05, 4.69) is 17.5 Å². The smallest absolute Gasteiger partial charge is 0.152 e. The second kappa shape index (κ2) is 3.36. The predicted molar refractivity (Wildman–Crippen MR) is 65.8 cm³/mol. The molecule has 0 amide bonds. The first-order chi connectivity index (χ1) is 8.75.